The lowest BCUT2D eigenvalue weighted by Crippen LogP contribution is -2.45. The molecular weight excluding hydrogens is 145 g/mol. The third-order valence-corrected chi connectivity index (χ3v) is 1.17. The minimum absolute atomic E-state index is 0.0278. The van der Waals surface area contributed by atoms with Crippen molar-refractivity contribution in [2.24, 2.45) is 5.84 Å². The van der Waals surface area contributed by atoms with Crippen molar-refractivity contribution in [1.82, 2.24) is 5.43 Å². The first kappa shape index (κ1) is 9.71. The maximum absolute atomic E-state index is 11.8. The van der Waals surface area contributed by atoms with E-state index in [-0.39, 0.29) is 6.42 Å². The van der Waals surface area contributed by atoms with Gasteiger partial charge in [0.15, 0.2) is 0 Å². The zero-order valence-electron chi connectivity index (χ0n) is 5.70. The first-order valence-corrected chi connectivity index (χ1v) is 3.05. The Bertz CT molecular complexity index is 91.4. The van der Waals surface area contributed by atoms with E-state index in [1.54, 1.807) is 12.3 Å². The Morgan fingerprint density at radius 1 is 1.50 bits per heavy atom. The number of rotatable bonds is 3. The monoisotopic (exact) mass is 156 g/mol. The van der Waals surface area contributed by atoms with Gasteiger partial charge in [-0.25, -0.2) is 5.43 Å². The van der Waals surface area contributed by atoms with Crippen LogP contribution in [0.5, 0.6) is 0 Å². The number of hydrogen-bond donors (Lipinski definition) is 2. The van der Waals surface area contributed by atoms with Crippen molar-refractivity contribution in [3.8, 4) is 0 Å². The molecule has 0 saturated carbocycles. The van der Waals surface area contributed by atoms with E-state index in [0.29, 0.717) is 6.42 Å². The Balaban J connectivity index is 3.81. The molecule has 0 amide bonds. The fourth-order valence-corrected chi connectivity index (χ4v) is 0.630. The topological polar surface area (TPSA) is 38.0 Å². The van der Waals surface area contributed by atoms with Gasteiger partial charge < -0.3 is 0 Å². The molecule has 5 heteroatoms. The van der Waals surface area contributed by atoms with Gasteiger partial charge in [-0.15, -0.1) is 0 Å². The number of hydrogen-bond acceptors (Lipinski definition) is 2. The predicted molar refractivity (Wildman–Crippen MR) is 32.1 cm³/mol. The first-order valence-electron chi connectivity index (χ1n) is 3.05. The first-order chi connectivity index (χ1) is 4.52. The van der Waals surface area contributed by atoms with Gasteiger partial charge in [0.25, 0.3) is 0 Å². The van der Waals surface area contributed by atoms with Gasteiger partial charge in [-0.2, -0.15) is 13.2 Å². The Morgan fingerprint density at radius 3 is 2.10 bits per heavy atom. The number of nitrogens with one attached hydrogen (secondary N) is 1. The minimum atomic E-state index is -4.22. The SMILES string of the molecule is CCCC(NN)C(F)(F)F. The van der Waals surface area contributed by atoms with E-state index in [9.17, 15) is 13.2 Å². The predicted octanol–water partition coefficient (Wildman–Crippen LogP) is 1.18. The molecule has 0 radical (unpaired) electrons. The largest absolute Gasteiger partial charge is 0.405 e. The fraction of sp³-hybridized carbons (Fsp3) is 1.00. The molecule has 0 fully saturated rings. The second-order valence-corrected chi connectivity index (χ2v) is 2.05. The summed E-state index contributed by atoms with van der Waals surface area (Å²) in [7, 11) is 0. The molecule has 1 unspecified atom stereocenters. The van der Waals surface area contributed by atoms with Crippen molar-refractivity contribution >= 4 is 0 Å². The van der Waals surface area contributed by atoms with Gasteiger partial charge in [0.2, 0.25) is 0 Å². The van der Waals surface area contributed by atoms with Crippen LogP contribution in [-0.2, 0) is 0 Å². The standard InChI is InChI=1S/C5H11F3N2/c1-2-3-4(10-9)5(6,7)8/h4,10H,2-3,9H2,1H3. The van der Waals surface area contributed by atoms with E-state index in [4.69, 9.17) is 0 Å². The summed E-state index contributed by atoms with van der Waals surface area (Å²) in [6.07, 6.45) is -3.72. The molecule has 0 rings (SSSR count). The third-order valence-electron chi connectivity index (χ3n) is 1.17. The van der Waals surface area contributed by atoms with Crippen molar-refractivity contribution in [1.29, 1.82) is 0 Å². The van der Waals surface area contributed by atoms with Crippen molar-refractivity contribution in [3.63, 3.8) is 0 Å². The van der Waals surface area contributed by atoms with Crippen LogP contribution in [0.4, 0.5) is 13.2 Å². The van der Waals surface area contributed by atoms with Gasteiger partial charge in [0, 0.05) is 0 Å². The lowest BCUT2D eigenvalue weighted by atomic mass is 10.2. The molecular formula is C5H11F3N2. The Hall–Kier alpha value is -0.290. The van der Waals surface area contributed by atoms with Crippen LogP contribution in [0.1, 0.15) is 19.8 Å². The smallest absolute Gasteiger partial charge is 0.271 e. The molecule has 10 heavy (non-hydrogen) atoms. The van der Waals surface area contributed by atoms with Crippen LogP contribution >= 0.6 is 0 Å². The lowest BCUT2D eigenvalue weighted by Gasteiger charge is -2.17. The van der Waals surface area contributed by atoms with Crippen molar-refractivity contribution in [3.05, 3.63) is 0 Å². The highest BCUT2D eigenvalue weighted by atomic mass is 19.4. The van der Waals surface area contributed by atoms with Crippen molar-refractivity contribution < 1.29 is 13.2 Å². The van der Waals surface area contributed by atoms with Gasteiger partial charge in [0.05, 0.1) is 0 Å². The van der Waals surface area contributed by atoms with Gasteiger partial charge in [-0.05, 0) is 6.42 Å². The molecule has 0 aromatic rings. The highest BCUT2D eigenvalue weighted by molar-refractivity contribution is 4.70. The fourth-order valence-electron chi connectivity index (χ4n) is 0.630. The summed E-state index contributed by atoms with van der Waals surface area (Å²) in [6, 6.07) is -1.56. The average Bonchev–Trinajstić information content (AvgIpc) is 1.80. The van der Waals surface area contributed by atoms with Crippen LogP contribution in [0.25, 0.3) is 0 Å². The van der Waals surface area contributed by atoms with E-state index >= 15 is 0 Å². The molecule has 0 bridgehead atoms. The van der Waals surface area contributed by atoms with Crippen LogP contribution < -0.4 is 11.3 Å². The molecule has 0 aliphatic carbocycles. The van der Waals surface area contributed by atoms with Gasteiger partial charge >= 0.3 is 6.18 Å². The second-order valence-electron chi connectivity index (χ2n) is 2.05. The summed E-state index contributed by atoms with van der Waals surface area (Å²) in [5.74, 6) is 4.67. The summed E-state index contributed by atoms with van der Waals surface area (Å²) < 4.78 is 35.3. The van der Waals surface area contributed by atoms with E-state index in [1.807, 2.05) is 0 Å². The zero-order chi connectivity index (χ0) is 8.20. The van der Waals surface area contributed by atoms with E-state index in [0.717, 1.165) is 0 Å². The summed E-state index contributed by atoms with van der Waals surface area (Å²) in [5.41, 5.74) is 1.72. The number of alkyl halides is 3. The van der Waals surface area contributed by atoms with E-state index < -0.39 is 12.2 Å². The quantitative estimate of drug-likeness (QED) is 0.475. The Morgan fingerprint density at radius 2 is 2.00 bits per heavy atom. The number of nitrogens with two attached hydrogens (primary N) is 1. The molecule has 0 aromatic heterocycles. The molecule has 0 aliphatic rings. The Labute approximate surface area is 57.6 Å². The second kappa shape index (κ2) is 3.78. The highest BCUT2D eigenvalue weighted by Gasteiger charge is 2.37. The third kappa shape index (κ3) is 3.03. The van der Waals surface area contributed by atoms with Gasteiger partial charge in [0.1, 0.15) is 6.04 Å². The molecule has 0 saturated heterocycles. The van der Waals surface area contributed by atoms with Crippen molar-refractivity contribution in [2.45, 2.75) is 32.0 Å². The molecule has 2 nitrogen and oxygen atoms in total. The van der Waals surface area contributed by atoms with Crippen LogP contribution in [0.3, 0.4) is 0 Å². The molecule has 0 spiro atoms. The number of hydrazine groups is 1. The lowest BCUT2D eigenvalue weighted by molar-refractivity contribution is -0.157. The van der Waals surface area contributed by atoms with Gasteiger partial charge in [-0.3, -0.25) is 5.84 Å². The number of halogens is 3. The van der Waals surface area contributed by atoms with Crippen LogP contribution in [-0.4, -0.2) is 12.2 Å². The summed E-state index contributed by atoms with van der Waals surface area (Å²) >= 11 is 0. The Kier molecular flexibility index (Phi) is 3.67. The maximum Gasteiger partial charge on any atom is 0.405 e. The van der Waals surface area contributed by atoms with E-state index in [1.165, 1.54) is 0 Å². The summed E-state index contributed by atoms with van der Waals surface area (Å²) in [5, 5.41) is 0. The van der Waals surface area contributed by atoms with Crippen LogP contribution in [0.2, 0.25) is 0 Å². The van der Waals surface area contributed by atoms with E-state index in [2.05, 4.69) is 5.84 Å². The molecule has 3 N–H and O–H groups in total. The summed E-state index contributed by atoms with van der Waals surface area (Å²) in [4.78, 5) is 0. The van der Waals surface area contributed by atoms with Crippen molar-refractivity contribution in [2.75, 3.05) is 0 Å². The normalized spacial score (nSPS) is 15.3. The summed E-state index contributed by atoms with van der Waals surface area (Å²) in [6.45, 7) is 1.68. The molecule has 0 aromatic carbocycles. The van der Waals surface area contributed by atoms with Gasteiger partial charge in [-0.1, -0.05) is 13.3 Å². The van der Waals surface area contributed by atoms with Crippen LogP contribution in [0, 0.1) is 0 Å². The zero-order valence-corrected chi connectivity index (χ0v) is 5.70. The molecule has 62 valence electrons. The highest BCUT2D eigenvalue weighted by Crippen LogP contribution is 2.22. The maximum atomic E-state index is 11.8. The minimum Gasteiger partial charge on any atom is -0.271 e. The van der Waals surface area contributed by atoms with Crippen LogP contribution in [0.15, 0.2) is 0 Å². The average molecular weight is 156 g/mol. The molecule has 0 heterocycles. The molecule has 0 aliphatic heterocycles. The molecule has 1 atom stereocenters.